The second kappa shape index (κ2) is 11.8. The molecule has 0 bridgehead atoms. The number of rotatable bonds is 6. The number of aliphatic imine (C=N–C) groups is 1. The third kappa shape index (κ3) is 7.97. The first kappa shape index (κ1) is 19.0. The lowest BCUT2D eigenvalue weighted by atomic mass is 10.00. The molecule has 1 aliphatic heterocycles. The van der Waals surface area contributed by atoms with E-state index < -0.39 is 0 Å². The highest BCUT2D eigenvalue weighted by molar-refractivity contribution is 14.0. The Bertz CT molecular complexity index is 241. The van der Waals surface area contributed by atoms with Crippen molar-refractivity contribution in [2.24, 2.45) is 10.9 Å². The minimum absolute atomic E-state index is 0. The molecule has 0 aromatic carbocycles. The first-order valence-electron chi connectivity index (χ1n) is 7.22. The fourth-order valence-corrected chi connectivity index (χ4v) is 2.30. The summed E-state index contributed by atoms with van der Waals surface area (Å²) < 4.78 is 5.04. The summed E-state index contributed by atoms with van der Waals surface area (Å²) in [5, 5.41) is 3.47. The molecule has 0 aromatic rings. The van der Waals surface area contributed by atoms with Gasteiger partial charge in [0, 0.05) is 40.4 Å². The van der Waals surface area contributed by atoms with Crippen LogP contribution in [0.3, 0.4) is 0 Å². The minimum atomic E-state index is 0. The number of nitrogens with zero attached hydrogens (tertiary/aromatic N) is 2. The lowest BCUT2D eigenvalue weighted by molar-refractivity contribution is 0.192. The van der Waals surface area contributed by atoms with Gasteiger partial charge in [0.2, 0.25) is 0 Å². The van der Waals surface area contributed by atoms with Crippen molar-refractivity contribution in [2.75, 3.05) is 40.4 Å². The molecule has 0 saturated carbocycles. The van der Waals surface area contributed by atoms with E-state index in [0.29, 0.717) is 0 Å². The molecule has 1 N–H and O–H groups in total. The summed E-state index contributed by atoms with van der Waals surface area (Å²) in [5.41, 5.74) is 0. The van der Waals surface area contributed by atoms with Crippen LogP contribution in [0.4, 0.5) is 0 Å². The molecule has 0 spiro atoms. The zero-order valence-corrected chi connectivity index (χ0v) is 15.0. The minimum Gasteiger partial charge on any atom is -0.385 e. The smallest absolute Gasteiger partial charge is 0.193 e. The van der Waals surface area contributed by atoms with E-state index in [4.69, 9.17) is 4.74 Å². The van der Waals surface area contributed by atoms with Gasteiger partial charge in [0.15, 0.2) is 5.96 Å². The monoisotopic (exact) mass is 383 g/mol. The predicted octanol–water partition coefficient (Wildman–Crippen LogP) is 2.73. The summed E-state index contributed by atoms with van der Waals surface area (Å²) in [4.78, 5) is 6.76. The van der Waals surface area contributed by atoms with Gasteiger partial charge < -0.3 is 15.0 Å². The molecule has 0 radical (unpaired) electrons. The van der Waals surface area contributed by atoms with Crippen LogP contribution in [0.1, 0.15) is 39.0 Å². The summed E-state index contributed by atoms with van der Waals surface area (Å²) in [5.74, 6) is 1.95. The zero-order chi connectivity index (χ0) is 13.2. The van der Waals surface area contributed by atoms with Gasteiger partial charge in [0.25, 0.3) is 0 Å². The maximum absolute atomic E-state index is 5.04. The van der Waals surface area contributed by atoms with Gasteiger partial charge in [-0.1, -0.05) is 6.92 Å². The Hall–Kier alpha value is -0.0400. The van der Waals surface area contributed by atoms with Crippen molar-refractivity contribution in [3.05, 3.63) is 0 Å². The van der Waals surface area contributed by atoms with Crippen LogP contribution in [0.5, 0.6) is 0 Å². The number of unbranched alkanes of at least 4 members (excludes halogenated alkanes) is 2. The number of likely N-dealkylation sites (tertiary alicyclic amines) is 1. The Morgan fingerprint density at radius 2 is 1.95 bits per heavy atom. The number of guanidine groups is 1. The second-order valence-electron chi connectivity index (χ2n) is 5.20. The van der Waals surface area contributed by atoms with Gasteiger partial charge >= 0.3 is 0 Å². The van der Waals surface area contributed by atoms with Crippen LogP contribution < -0.4 is 5.32 Å². The largest absolute Gasteiger partial charge is 0.385 e. The van der Waals surface area contributed by atoms with Gasteiger partial charge in [-0.2, -0.15) is 0 Å². The van der Waals surface area contributed by atoms with Crippen molar-refractivity contribution in [3.8, 4) is 0 Å². The molecule has 0 amide bonds. The average molecular weight is 383 g/mol. The molecule has 1 rings (SSSR count). The van der Waals surface area contributed by atoms with Gasteiger partial charge in [-0.15, -0.1) is 24.0 Å². The van der Waals surface area contributed by atoms with Crippen molar-refractivity contribution in [3.63, 3.8) is 0 Å². The summed E-state index contributed by atoms with van der Waals surface area (Å²) in [7, 11) is 3.64. The Kier molecular flexibility index (Phi) is 11.7. The number of ether oxygens (including phenoxy) is 1. The average Bonchev–Trinajstić information content (AvgIpc) is 2.39. The Morgan fingerprint density at radius 3 is 2.53 bits per heavy atom. The lowest BCUT2D eigenvalue weighted by Crippen LogP contribution is -2.45. The van der Waals surface area contributed by atoms with Crippen LogP contribution in [-0.4, -0.2) is 51.3 Å². The quantitative estimate of drug-likeness (QED) is 0.332. The number of piperidine rings is 1. The van der Waals surface area contributed by atoms with Crippen LogP contribution in [0.2, 0.25) is 0 Å². The van der Waals surface area contributed by atoms with E-state index in [2.05, 4.69) is 22.1 Å². The highest BCUT2D eigenvalue weighted by atomic mass is 127. The van der Waals surface area contributed by atoms with E-state index >= 15 is 0 Å². The van der Waals surface area contributed by atoms with Crippen molar-refractivity contribution in [2.45, 2.75) is 39.0 Å². The SMILES string of the molecule is CN=C(NCCCCCOC)N1CCC(C)CC1.I. The van der Waals surface area contributed by atoms with Crippen molar-refractivity contribution >= 4 is 29.9 Å². The van der Waals surface area contributed by atoms with Crippen molar-refractivity contribution < 1.29 is 4.74 Å². The Morgan fingerprint density at radius 1 is 1.26 bits per heavy atom. The first-order valence-corrected chi connectivity index (χ1v) is 7.22. The number of hydrogen-bond donors (Lipinski definition) is 1. The van der Waals surface area contributed by atoms with Crippen LogP contribution in [0, 0.1) is 5.92 Å². The molecule has 1 aliphatic rings. The first-order chi connectivity index (χ1) is 8.77. The Labute approximate surface area is 135 Å². The van der Waals surface area contributed by atoms with Crippen molar-refractivity contribution in [1.29, 1.82) is 0 Å². The molecule has 0 unspecified atom stereocenters. The van der Waals surface area contributed by atoms with Crippen LogP contribution in [-0.2, 0) is 4.74 Å². The van der Waals surface area contributed by atoms with E-state index in [-0.39, 0.29) is 24.0 Å². The highest BCUT2D eigenvalue weighted by Gasteiger charge is 2.17. The summed E-state index contributed by atoms with van der Waals surface area (Å²) in [6.07, 6.45) is 6.13. The third-order valence-electron chi connectivity index (χ3n) is 3.60. The molecule has 1 heterocycles. The molecular weight excluding hydrogens is 353 g/mol. The number of nitrogens with one attached hydrogen (secondary N) is 1. The molecule has 1 saturated heterocycles. The number of halogens is 1. The van der Waals surface area contributed by atoms with E-state index in [0.717, 1.165) is 44.5 Å². The van der Waals surface area contributed by atoms with Crippen molar-refractivity contribution in [1.82, 2.24) is 10.2 Å². The summed E-state index contributed by atoms with van der Waals surface area (Å²) in [6.45, 7) is 6.51. The van der Waals surface area contributed by atoms with Crippen LogP contribution in [0.15, 0.2) is 4.99 Å². The molecule has 0 atom stereocenters. The number of methoxy groups -OCH3 is 1. The van der Waals surface area contributed by atoms with E-state index in [1.807, 2.05) is 7.05 Å². The predicted molar refractivity (Wildman–Crippen MR) is 92.5 cm³/mol. The molecule has 0 aliphatic carbocycles. The summed E-state index contributed by atoms with van der Waals surface area (Å²) >= 11 is 0. The molecular formula is C14H30IN3O. The van der Waals surface area contributed by atoms with E-state index in [1.165, 1.54) is 25.7 Å². The van der Waals surface area contributed by atoms with Gasteiger partial charge in [-0.3, -0.25) is 4.99 Å². The summed E-state index contributed by atoms with van der Waals surface area (Å²) in [6, 6.07) is 0. The van der Waals surface area contributed by atoms with E-state index in [1.54, 1.807) is 7.11 Å². The van der Waals surface area contributed by atoms with Gasteiger partial charge in [0.05, 0.1) is 0 Å². The van der Waals surface area contributed by atoms with Gasteiger partial charge in [-0.25, -0.2) is 0 Å². The normalized spacial score (nSPS) is 17.2. The molecule has 4 nitrogen and oxygen atoms in total. The molecule has 114 valence electrons. The van der Waals surface area contributed by atoms with Crippen LogP contribution in [0.25, 0.3) is 0 Å². The number of hydrogen-bond acceptors (Lipinski definition) is 2. The van der Waals surface area contributed by atoms with Gasteiger partial charge in [0.1, 0.15) is 0 Å². The van der Waals surface area contributed by atoms with E-state index in [9.17, 15) is 0 Å². The Balaban J connectivity index is 0.00000324. The van der Waals surface area contributed by atoms with Gasteiger partial charge in [-0.05, 0) is 38.0 Å². The highest BCUT2D eigenvalue weighted by Crippen LogP contribution is 2.15. The fourth-order valence-electron chi connectivity index (χ4n) is 2.30. The maximum Gasteiger partial charge on any atom is 0.193 e. The molecule has 0 aromatic heterocycles. The fraction of sp³-hybridized carbons (Fsp3) is 0.929. The molecule has 1 fully saturated rings. The standard InChI is InChI=1S/C14H29N3O.HI/c1-13-7-10-17(11-8-13)14(15-2)16-9-5-4-6-12-18-3;/h13H,4-12H2,1-3H3,(H,15,16);1H. The zero-order valence-electron chi connectivity index (χ0n) is 12.7. The topological polar surface area (TPSA) is 36.9 Å². The van der Waals surface area contributed by atoms with Crippen LogP contribution >= 0.6 is 24.0 Å². The second-order valence-corrected chi connectivity index (χ2v) is 5.20. The maximum atomic E-state index is 5.04. The molecule has 5 heteroatoms. The third-order valence-corrected chi connectivity index (χ3v) is 3.60. The lowest BCUT2D eigenvalue weighted by Gasteiger charge is -2.32. The molecule has 19 heavy (non-hydrogen) atoms.